The second-order valence-electron chi connectivity index (χ2n) is 3.03. The maximum atomic E-state index is 11.5. The van der Waals surface area contributed by atoms with Gasteiger partial charge in [-0.2, -0.15) is 0 Å². The third-order valence-corrected chi connectivity index (χ3v) is 1.96. The highest BCUT2D eigenvalue weighted by Gasteiger charge is 2.14. The minimum Gasteiger partial charge on any atom is -0.461 e. The van der Waals surface area contributed by atoms with Crippen molar-refractivity contribution in [3.05, 3.63) is 34.5 Å². The zero-order valence-corrected chi connectivity index (χ0v) is 8.56. The lowest BCUT2D eigenvalue weighted by molar-refractivity contribution is 0.0517. The minimum absolute atomic E-state index is 0.203. The molecule has 6 heteroatoms. The van der Waals surface area contributed by atoms with Gasteiger partial charge < -0.3 is 9.72 Å². The van der Waals surface area contributed by atoms with Crippen molar-refractivity contribution in [1.29, 1.82) is 0 Å². The molecule has 0 atom stereocenters. The fourth-order valence-corrected chi connectivity index (χ4v) is 1.27. The fraction of sp³-hybridized carbons (Fsp3) is 0.200. The summed E-state index contributed by atoms with van der Waals surface area (Å²) in [5, 5.41) is 0. The van der Waals surface area contributed by atoms with Gasteiger partial charge in [0.05, 0.1) is 23.8 Å². The Morgan fingerprint density at radius 2 is 2.38 bits per heavy atom. The van der Waals surface area contributed by atoms with Crippen LogP contribution in [0.25, 0.3) is 11.0 Å². The van der Waals surface area contributed by atoms with E-state index in [0.717, 1.165) is 0 Å². The predicted octanol–water partition coefficient (Wildman–Crippen LogP) is 0.495. The van der Waals surface area contributed by atoms with Gasteiger partial charge in [0.25, 0.3) is 5.56 Å². The predicted molar refractivity (Wildman–Crippen MR) is 56.1 cm³/mol. The molecule has 0 aromatic carbocycles. The molecule has 2 rings (SSSR count). The number of carbonyl (C=O) groups is 1. The van der Waals surface area contributed by atoms with Crippen LogP contribution in [0, 0.1) is 0 Å². The number of ether oxygens (including phenoxy) is 1. The molecule has 0 aliphatic rings. The molecule has 0 aliphatic heterocycles. The average Bonchev–Trinajstić information content (AvgIpc) is 2.28. The molecule has 0 radical (unpaired) electrons. The van der Waals surface area contributed by atoms with E-state index in [1.807, 2.05) is 0 Å². The number of carbonyl (C=O) groups excluding carboxylic acids is 1. The summed E-state index contributed by atoms with van der Waals surface area (Å²) in [5.74, 6) is -0.720. The molecule has 0 bridgehead atoms. The van der Waals surface area contributed by atoms with Crippen molar-refractivity contribution in [3.63, 3.8) is 0 Å². The largest absolute Gasteiger partial charge is 0.461 e. The van der Waals surface area contributed by atoms with Crippen molar-refractivity contribution in [2.45, 2.75) is 6.92 Å². The van der Waals surface area contributed by atoms with Gasteiger partial charge in [-0.05, 0) is 13.0 Å². The van der Waals surface area contributed by atoms with Gasteiger partial charge in [-0.3, -0.25) is 9.78 Å². The molecule has 0 spiro atoms. The first-order valence-electron chi connectivity index (χ1n) is 4.73. The molecule has 1 N–H and O–H groups in total. The monoisotopic (exact) mass is 219 g/mol. The number of nitrogens with one attached hydrogen (secondary N) is 1. The molecule has 6 nitrogen and oxygen atoms in total. The molecule has 0 unspecified atom stereocenters. The summed E-state index contributed by atoms with van der Waals surface area (Å²) >= 11 is 0. The fourth-order valence-electron chi connectivity index (χ4n) is 1.27. The summed E-state index contributed by atoms with van der Waals surface area (Å²) in [5.41, 5.74) is 0.178. The van der Waals surface area contributed by atoms with Crippen molar-refractivity contribution in [3.8, 4) is 0 Å². The SMILES string of the molecule is CCOC(=O)c1nc2ccncc2[nH]c1=O. The summed E-state index contributed by atoms with van der Waals surface area (Å²) in [6.45, 7) is 1.87. The van der Waals surface area contributed by atoms with Crippen LogP contribution in [-0.4, -0.2) is 27.5 Å². The Hall–Kier alpha value is -2.24. The van der Waals surface area contributed by atoms with E-state index < -0.39 is 11.5 Å². The van der Waals surface area contributed by atoms with Gasteiger partial charge >= 0.3 is 5.97 Å². The third kappa shape index (κ3) is 1.77. The number of hydrogen-bond donors (Lipinski definition) is 1. The molecular formula is C10H9N3O3. The summed E-state index contributed by atoms with van der Waals surface area (Å²) < 4.78 is 4.72. The Bertz CT molecular complexity index is 591. The lowest BCUT2D eigenvalue weighted by Gasteiger charge is -2.01. The standard InChI is InChI=1S/C10H9N3O3/c1-2-16-10(15)8-9(14)13-7-5-11-4-3-6(7)12-8/h3-5H,2H2,1H3,(H,13,14). The lowest BCUT2D eigenvalue weighted by atomic mass is 10.3. The van der Waals surface area contributed by atoms with Crippen LogP contribution in [0.5, 0.6) is 0 Å². The summed E-state index contributed by atoms with van der Waals surface area (Å²) in [7, 11) is 0. The van der Waals surface area contributed by atoms with E-state index in [1.54, 1.807) is 13.0 Å². The Morgan fingerprint density at radius 1 is 1.56 bits per heavy atom. The molecule has 82 valence electrons. The highest BCUT2D eigenvalue weighted by Crippen LogP contribution is 2.04. The molecule has 0 fully saturated rings. The van der Waals surface area contributed by atoms with Crippen LogP contribution in [-0.2, 0) is 4.74 Å². The van der Waals surface area contributed by atoms with E-state index in [-0.39, 0.29) is 12.3 Å². The molecule has 2 aromatic rings. The van der Waals surface area contributed by atoms with Crippen molar-refractivity contribution in [1.82, 2.24) is 15.0 Å². The van der Waals surface area contributed by atoms with Crippen LogP contribution in [0.3, 0.4) is 0 Å². The van der Waals surface area contributed by atoms with Crippen molar-refractivity contribution >= 4 is 17.0 Å². The van der Waals surface area contributed by atoms with Gasteiger partial charge in [0, 0.05) is 6.20 Å². The molecule has 2 aromatic heterocycles. The van der Waals surface area contributed by atoms with Gasteiger partial charge in [0.2, 0.25) is 5.69 Å². The number of rotatable bonds is 2. The van der Waals surface area contributed by atoms with E-state index in [1.165, 1.54) is 12.4 Å². The van der Waals surface area contributed by atoms with Crippen LogP contribution in [0.15, 0.2) is 23.3 Å². The van der Waals surface area contributed by atoms with E-state index >= 15 is 0 Å². The average molecular weight is 219 g/mol. The summed E-state index contributed by atoms with van der Waals surface area (Å²) in [4.78, 5) is 33.2. The van der Waals surface area contributed by atoms with Crippen LogP contribution < -0.4 is 5.56 Å². The second kappa shape index (κ2) is 4.09. The quantitative estimate of drug-likeness (QED) is 0.743. The van der Waals surface area contributed by atoms with E-state index in [2.05, 4.69) is 15.0 Å². The normalized spacial score (nSPS) is 10.3. The zero-order chi connectivity index (χ0) is 11.5. The minimum atomic E-state index is -0.720. The molecular weight excluding hydrogens is 210 g/mol. The maximum Gasteiger partial charge on any atom is 0.362 e. The maximum absolute atomic E-state index is 11.5. The first-order valence-corrected chi connectivity index (χ1v) is 4.73. The van der Waals surface area contributed by atoms with Crippen molar-refractivity contribution in [2.75, 3.05) is 6.61 Å². The zero-order valence-electron chi connectivity index (χ0n) is 8.56. The first kappa shape index (κ1) is 10.3. The Labute approximate surface area is 90.3 Å². The van der Waals surface area contributed by atoms with Gasteiger partial charge in [-0.1, -0.05) is 0 Å². The number of aromatic amines is 1. The molecule has 0 saturated carbocycles. The van der Waals surface area contributed by atoms with Gasteiger partial charge in [0.15, 0.2) is 0 Å². The van der Waals surface area contributed by atoms with Crippen molar-refractivity contribution < 1.29 is 9.53 Å². The molecule has 0 aliphatic carbocycles. The number of H-pyrrole nitrogens is 1. The summed E-state index contributed by atoms with van der Waals surface area (Å²) in [6, 6.07) is 1.61. The van der Waals surface area contributed by atoms with Crippen LogP contribution in [0.1, 0.15) is 17.4 Å². The highest BCUT2D eigenvalue weighted by atomic mass is 16.5. The lowest BCUT2D eigenvalue weighted by Crippen LogP contribution is -2.22. The van der Waals surface area contributed by atoms with E-state index in [0.29, 0.717) is 11.0 Å². The molecule has 0 amide bonds. The second-order valence-corrected chi connectivity index (χ2v) is 3.03. The van der Waals surface area contributed by atoms with Crippen LogP contribution in [0.4, 0.5) is 0 Å². The molecule has 16 heavy (non-hydrogen) atoms. The number of nitrogens with zero attached hydrogens (tertiary/aromatic N) is 2. The number of pyridine rings is 1. The topological polar surface area (TPSA) is 84.9 Å². The van der Waals surface area contributed by atoms with Crippen molar-refractivity contribution in [2.24, 2.45) is 0 Å². The Morgan fingerprint density at radius 3 is 3.12 bits per heavy atom. The summed E-state index contributed by atoms with van der Waals surface area (Å²) in [6.07, 6.45) is 3.00. The van der Waals surface area contributed by atoms with Crippen LogP contribution in [0.2, 0.25) is 0 Å². The number of esters is 1. The van der Waals surface area contributed by atoms with Crippen LogP contribution >= 0.6 is 0 Å². The van der Waals surface area contributed by atoms with Gasteiger partial charge in [-0.25, -0.2) is 9.78 Å². The number of hydrogen-bond acceptors (Lipinski definition) is 5. The smallest absolute Gasteiger partial charge is 0.362 e. The Balaban J connectivity index is 2.58. The van der Waals surface area contributed by atoms with Gasteiger partial charge in [0.1, 0.15) is 0 Å². The Kier molecular flexibility index (Phi) is 2.63. The molecule has 0 saturated heterocycles. The highest BCUT2D eigenvalue weighted by molar-refractivity contribution is 5.89. The first-order chi connectivity index (χ1) is 7.72. The third-order valence-electron chi connectivity index (χ3n) is 1.96. The molecule has 2 heterocycles. The van der Waals surface area contributed by atoms with E-state index in [9.17, 15) is 9.59 Å². The van der Waals surface area contributed by atoms with E-state index in [4.69, 9.17) is 4.74 Å². The number of fused-ring (bicyclic) bond motifs is 1. The number of aromatic nitrogens is 3. The van der Waals surface area contributed by atoms with Gasteiger partial charge in [-0.15, -0.1) is 0 Å².